The Morgan fingerprint density at radius 2 is 2.24 bits per heavy atom. The van der Waals surface area contributed by atoms with Crippen molar-refractivity contribution in [3.05, 3.63) is 29.6 Å². The molecule has 114 valence electrons. The van der Waals surface area contributed by atoms with Crippen LogP contribution in [0.5, 0.6) is 5.75 Å². The quantitative estimate of drug-likeness (QED) is 0.552. The third kappa shape index (κ3) is 4.93. The molecule has 2 atom stereocenters. The van der Waals surface area contributed by atoms with Gasteiger partial charge in [0.15, 0.2) is 0 Å². The molecule has 0 saturated heterocycles. The van der Waals surface area contributed by atoms with Gasteiger partial charge in [-0.05, 0) is 37.3 Å². The van der Waals surface area contributed by atoms with E-state index in [1.165, 1.54) is 25.3 Å². The van der Waals surface area contributed by atoms with E-state index in [1.807, 2.05) is 6.07 Å². The van der Waals surface area contributed by atoms with E-state index in [0.29, 0.717) is 23.6 Å². The van der Waals surface area contributed by atoms with Crippen LogP contribution < -0.4 is 4.74 Å². The van der Waals surface area contributed by atoms with Gasteiger partial charge in [0.25, 0.3) is 0 Å². The number of benzene rings is 1. The van der Waals surface area contributed by atoms with Crippen LogP contribution in [-0.4, -0.2) is 12.0 Å². The van der Waals surface area contributed by atoms with Crippen LogP contribution in [0, 0.1) is 23.6 Å². The topological polar surface area (TPSA) is 9.23 Å². The predicted molar refractivity (Wildman–Crippen MR) is 85.3 cm³/mol. The maximum atomic E-state index is 14.0. The number of alkyl halides is 1. The highest BCUT2D eigenvalue weighted by molar-refractivity contribution is 6.18. The fourth-order valence-electron chi connectivity index (χ4n) is 2.79. The largest absolute Gasteiger partial charge is 0.490 e. The van der Waals surface area contributed by atoms with Crippen LogP contribution in [0.25, 0.3) is 0 Å². The first-order valence-corrected chi connectivity index (χ1v) is 8.27. The van der Waals surface area contributed by atoms with Crippen LogP contribution in [0.4, 0.5) is 4.39 Å². The van der Waals surface area contributed by atoms with Crippen LogP contribution in [0.1, 0.15) is 51.0 Å². The van der Waals surface area contributed by atoms with Gasteiger partial charge in [-0.25, -0.2) is 4.39 Å². The van der Waals surface area contributed by atoms with Gasteiger partial charge in [0.1, 0.15) is 11.6 Å². The van der Waals surface area contributed by atoms with Crippen molar-refractivity contribution < 1.29 is 9.13 Å². The SMILES string of the molecule is CCC1CCCC(Oc2ccc(C#CCCCl)c(F)c2)C1. The summed E-state index contributed by atoms with van der Waals surface area (Å²) < 4.78 is 19.9. The van der Waals surface area contributed by atoms with E-state index in [1.54, 1.807) is 6.07 Å². The highest BCUT2D eigenvalue weighted by Crippen LogP contribution is 2.30. The summed E-state index contributed by atoms with van der Waals surface area (Å²) in [6.45, 7) is 2.22. The van der Waals surface area contributed by atoms with Gasteiger partial charge in [0.05, 0.1) is 11.7 Å². The van der Waals surface area contributed by atoms with E-state index in [-0.39, 0.29) is 11.9 Å². The zero-order chi connectivity index (χ0) is 15.1. The minimum Gasteiger partial charge on any atom is -0.490 e. The lowest BCUT2D eigenvalue weighted by Crippen LogP contribution is -2.25. The summed E-state index contributed by atoms with van der Waals surface area (Å²) in [5, 5.41) is 0. The zero-order valence-electron chi connectivity index (χ0n) is 12.5. The Kier molecular flexibility index (Phi) is 6.39. The van der Waals surface area contributed by atoms with Gasteiger partial charge < -0.3 is 4.74 Å². The number of halogens is 2. The van der Waals surface area contributed by atoms with Crippen molar-refractivity contribution in [3.63, 3.8) is 0 Å². The van der Waals surface area contributed by atoms with E-state index in [0.717, 1.165) is 18.8 Å². The van der Waals surface area contributed by atoms with Gasteiger partial charge in [-0.3, -0.25) is 0 Å². The number of ether oxygens (including phenoxy) is 1. The first-order chi connectivity index (χ1) is 10.2. The van der Waals surface area contributed by atoms with Crippen molar-refractivity contribution in [2.24, 2.45) is 5.92 Å². The minimum atomic E-state index is -0.322. The fourth-order valence-corrected chi connectivity index (χ4v) is 2.88. The molecule has 3 heteroatoms. The first-order valence-electron chi connectivity index (χ1n) is 7.74. The summed E-state index contributed by atoms with van der Waals surface area (Å²) in [5.41, 5.74) is 0.405. The Balaban J connectivity index is 1.98. The van der Waals surface area contributed by atoms with Crippen LogP contribution in [-0.2, 0) is 0 Å². The molecule has 1 aromatic carbocycles. The van der Waals surface area contributed by atoms with Crippen LogP contribution >= 0.6 is 11.6 Å². The van der Waals surface area contributed by atoms with E-state index >= 15 is 0 Å². The van der Waals surface area contributed by atoms with Gasteiger partial charge in [-0.2, -0.15) is 0 Å². The van der Waals surface area contributed by atoms with Gasteiger partial charge in [0, 0.05) is 18.4 Å². The molecule has 0 aliphatic heterocycles. The molecule has 1 aromatic rings. The van der Waals surface area contributed by atoms with Crippen LogP contribution in [0.2, 0.25) is 0 Å². The minimum absolute atomic E-state index is 0.219. The maximum absolute atomic E-state index is 14.0. The van der Waals surface area contributed by atoms with Gasteiger partial charge in [0.2, 0.25) is 0 Å². The molecular formula is C18H22ClFO. The molecule has 2 rings (SSSR count). The van der Waals surface area contributed by atoms with E-state index < -0.39 is 0 Å². The smallest absolute Gasteiger partial charge is 0.142 e. The fraction of sp³-hybridized carbons (Fsp3) is 0.556. The molecule has 2 unspecified atom stereocenters. The molecule has 21 heavy (non-hydrogen) atoms. The average molecular weight is 309 g/mol. The van der Waals surface area contributed by atoms with E-state index in [4.69, 9.17) is 16.3 Å². The lowest BCUT2D eigenvalue weighted by atomic mass is 9.85. The summed E-state index contributed by atoms with van der Waals surface area (Å²) in [6.07, 6.45) is 6.62. The summed E-state index contributed by atoms with van der Waals surface area (Å²) in [4.78, 5) is 0. The van der Waals surface area contributed by atoms with Crippen LogP contribution in [0.15, 0.2) is 18.2 Å². The Morgan fingerprint density at radius 3 is 2.95 bits per heavy atom. The Morgan fingerprint density at radius 1 is 1.38 bits per heavy atom. The second kappa shape index (κ2) is 8.29. The summed E-state index contributed by atoms with van der Waals surface area (Å²) in [7, 11) is 0. The Labute approximate surface area is 131 Å². The molecule has 0 bridgehead atoms. The standard InChI is InChI=1S/C18H22ClFO/c1-2-14-6-5-8-16(12-14)21-17-10-9-15(18(20)13-17)7-3-4-11-19/h9-10,13-14,16H,2,4-6,8,11-12H2,1H3. The summed E-state index contributed by atoms with van der Waals surface area (Å²) >= 11 is 5.55. The molecule has 0 aromatic heterocycles. The molecule has 0 spiro atoms. The lowest BCUT2D eigenvalue weighted by Gasteiger charge is -2.29. The van der Waals surface area contributed by atoms with Crippen molar-refractivity contribution >= 4 is 11.6 Å². The Bertz CT molecular complexity index is 518. The van der Waals surface area contributed by atoms with E-state index in [2.05, 4.69) is 18.8 Å². The second-order valence-corrected chi connectivity index (χ2v) is 5.94. The van der Waals surface area contributed by atoms with Crippen LogP contribution in [0.3, 0.4) is 0 Å². The third-order valence-electron chi connectivity index (χ3n) is 4.00. The second-order valence-electron chi connectivity index (χ2n) is 5.56. The van der Waals surface area contributed by atoms with Gasteiger partial charge in [-0.15, -0.1) is 11.6 Å². The number of rotatable bonds is 4. The zero-order valence-corrected chi connectivity index (χ0v) is 13.3. The monoisotopic (exact) mass is 308 g/mol. The maximum Gasteiger partial charge on any atom is 0.142 e. The predicted octanol–water partition coefficient (Wildman–Crippen LogP) is 5.15. The van der Waals surface area contributed by atoms with Gasteiger partial charge in [-0.1, -0.05) is 31.6 Å². The summed E-state index contributed by atoms with van der Waals surface area (Å²) in [6, 6.07) is 4.94. The van der Waals surface area contributed by atoms with E-state index in [9.17, 15) is 4.39 Å². The number of hydrogen-bond acceptors (Lipinski definition) is 1. The molecule has 0 amide bonds. The molecule has 0 radical (unpaired) electrons. The normalized spacial score (nSPS) is 21.5. The molecule has 0 N–H and O–H groups in total. The lowest BCUT2D eigenvalue weighted by molar-refractivity contribution is 0.121. The van der Waals surface area contributed by atoms with Crippen molar-refractivity contribution in [3.8, 4) is 17.6 Å². The van der Waals surface area contributed by atoms with Gasteiger partial charge >= 0.3 is 0 Å². The summed E-state index contributed by atoms with van der Waals surface area (Å²) in [5.74, 6) is 7.14. The molecule has 0 heterocycles. The molecule has 1 nitrogen and oxygen atoms in total. The Hall–Kier alpha value is -1.20. The van der Waals surface area contributed by atoms with Crippen molar-refractivity contribution in [1.82, 2.24) is 0 Å². The molecule has 1 aliphatic carbocycles. The van der Waals surface area contributed by atoms with Crippen molar-refractivity contribution in [1.29, 1.82) is 0 Å². The third-order valence-corrected chi connectivity index (χ3v) is 4.19. The molecule has 1 aliphatic rings. The van der Waals surface area contributed by atoms with Crippen molar-refractivity contribution in [2.75, 3.05) is 5.88 Å². The molecular weight excluding hydrogens is 287 g/mol. The highest BCUT2D eigenvalue weighted by Gasteiger charge is 2.22. The molecule has 1 fully saturated rings. The average Bonchev–Trinajstić information content (AvgIpc) is 2.50. The number of hydrogen-bond donors (Lipinski definition) is 0. The first kappa shape index (κ1) is 16.2. The van der Waals surface area contributed by atoms with Crippen molar-refractivity contribution in [2.45, 2.75) is 51.6 Å². The molecule has 1 saturated carbocycles. The highest BCUT2D eigenvalue weighted by atomic mass is 35.5.